The summed E-state index contributed by atoms with van der Waals surface area (Å²) in [5.41, 5.74) is 1.58. The van der Waals surface area contributed by atoms with E-state index >= 15 is 0 Å². The first kappa shape index (κ1) is 24.7. The average Bonchev–Trinajstić information content (AvgIpc) is 3.49. The Morgan fingerprint density at radius 3 is 2.55 bits per heavy atom. The largest absolute Gasteiger partial charge is 0.507 e. The topological polar surface area (TPSA) is 103 Å². The zero-order valence-electron chi connectivity index (χ0n) is 19.7. The molecule has 1 aliphatic heterocycles. The van der Waals surface area contributed by atoms with Gasteiger partial charge in [-0.3, -0.25) is 9.59 Å². The van der Waals surface area contributed by atoms with E-state index in [0.717, 1.165) is 24.5 Å². The number of rotatable bonds is 9. The number of methoxy groups -OCH3 is 1. The standard InChI is InChI=1S/C24H31N3O5S/c1-6-26(7-2)11-9-12-27-20(16-10-8-13-33-16)18(22(29)23(27)30)21(28)17-14(3)19(24(31)32-5)25-15(17)4/h8,10,13,20,25,28H,6-7,9,11-12H2,1-5H3/t20-/m1/s1. The van der Waals surface area contributed by atoms with E-state index < -0.39 is 23.7 Å². The molecule has 2 aromatic heterocycles. The van der Waals surface area contributed by atoms with Gasteiger partial charge in [-0.1, -0.05) is 19.9 Å². The SMILES string of the molecule is CCN(CC)CCCN1C(=O)C(=O)C(=C(O)c2c(C)[nH]c(C(=O)OC)c2C)[C@H]1c1cccs1. The third kappa shape index (κ3) is 4.60. The first-order valence-corrected chi connectivity index (χ1v) is 12.0. The Balaban J connectivity index is 2.06. The molecule has 3 rings (SSSR count). The molecule has 1 saturated heterocycles. The van der Waals surface area contributed by atoms with E-state index in [1.807, 2.05) is 17.5 Å². The number of ether oxygens (including phenoxy) is 1. The molecule has 1 atom stereocenters. The Hall–Kier alpha value is -2.91. The highest BCUT2D eigenvalue weighted by molar-refractivity contribution is 7.10. The lowest BCUT2D eigenvalue weighted by atomic mass is 9.97. The van der Waals surface area contributed by atoms with Gasteiger partial charge < -0.3 is 24.6 Å². The number of aromatic amines is 1. The van der Waals surface area contributed by atoms with Crippen molar-refractivity contribution in [3.05, 3.63) is 50.5 Å². The lowest BCUT2D eigenvalue weighted by Gasteiger charge is -2.25. The molecule has 8 nitrogen and oxygen atoms in total. The molecule has 0 radical (unpaired) electrons. The molecule has 2 N–H and O–H groups in total. The van der Waals surface area contributed by atoms with Crippen molar-refractivity contribution >= 4 is 34.8 Å². The van der Waals surface area contributed by atoms with Crippen LogP contribution in [0.2, 0.25) is 0 Å². The number of Topliss-reactive ketones (excluding diaryl/α,β-unsaturated/α-hetero) is 1. The van der Waals surface area contributed by atoms with E-state index in [-0.39, 0.29) is 17.0 Å². The molecule has 0 bridgehead atoms. The Kier molecular flexibility index (Phi) is 7.76. The number of hydrogen-bond acceptors (Lipinski definition) is 7. The van der Waals surface area contributed by atoms with Gasteiger partial charge in [0.1, 0.15) is 11.5 Å². The van der Waals surface area contributed by atoms with Crippen LogP contribution in [0.3, 0.4) is 0 Å². The van der Waals surface area contributed by atoms with Crippen LogP contribution in [0.1, 0.15) is 58.5 Å². The van der Waals surface area contributed by atoms with Crippen LogP contribution >= 0.6 is 11.3 Å². The van der Waals surface area contributed by atoms with Crippen LogP contribution < -0.4 is 0 Å². The van der Waals surface area contributed by atoms with Crippen molar-refractivity contribution in [3.8, 4) is 0 Å². The molecule has 0 aliphatic carbocycles. The van der Waals surface area contributed by atoms with Gasteiger partial charge in [0.2, 0.25) is 0 Å². The summed E-state index contributed by atoms with van der Waals surface area (Å²) in [6.45, 7) is 10.6. The van der Waals surface area contributed by atoms with Crippen LogP contribution in [0.15, 0.2) is 23.1 Å². The van der Waals surface area contributed by atoms with Gasteiger partial charge in [0.05, 0.1) is 18.7 Å². The van der Waals surface area contributed by atoms with Gasteiger partial charge >= 0.3 is 5.97 Å². The molecule has 3 heterocycles. The van der Waals surface area contributed by atoms with Gasteiger partial charge in [-0.2, -0.15) is 0 Å². The Morgan fingerprint density at radius 1 is 1.27 bits per heavy atom. The smallest absolute Gasteiger partial charge is 0.354 e. The van der Waals surface area contributed by atoms with Crippen molar-refractivity contribution in [2.24, 2.45) is 0 Å². The second-order valence-electron chi connectivity index (χ2n) is 8.00. The summed E-state index contributed by atoms with van der Waals surface area (Å²) >= 11 is 1.43. The van der Waals surface area contributed by atoms with E-state index in [1.165, 1.54) is 18.4 Å². The van der Waals surface area contributed by atoms with Gasteiger partial charge in [-0.15, -0.1) is 11.3 Å². The lowest BCUT2D eigenvalue weighted by Crippen LogP contribution is -2.33. The normalized spacial score (nSPS) is 17.9. The maximum absolute atomic E-state index is 13.1. The zero-order valence-corrected chi connectivity index (χ0v) is 20.5. The molecule has 0 unspecified atom stereocenters. The van der Waals surface area contributed by atoms with Crippen molar-refractivity contribution in [1.82, 2.24) is 14.8 Å². The minimum absolute atomic E-state index is 0.0481. The van der Waals surface area contributed by atoms with Gasteiger partial charge in [-0.05, 0) is 56.9 Å². The van der Waals surface area contributed by atoms with Crippen LogP contribution in [0, 0.1) is 13.8 Å². The van der Waals surface area contributed by atoms with E-state index in [9.17, 15) is 19.5 Å². The number of likely N-dealkylation sites (tertiary alicyclic amines) is 1. The second-order valence-corrected chi connectivity index (χ2v) is 8.98. The number of nitrogens with zero attached hydrogens (tertiary/aromatic N) is 2. The van der Waals surface area contributed by atoms with Gasteiger partial charge in [0.15, 0.2) is 0 Å². The summed E-state index contributed by atoms with van der Waals surface area (Å²) in [7, 11) is 1.28. The number of ketones is 1. The van der Waals surface area contributed by atoms with Crippen molar-refractivity contribution in [2.75, 3.05) is 33.3 Å². The number of amides is 1. The quantitative estimate of drug-likeness (QED) is 0.250. The second kappa shape index (κ2) is 10.4. The van der Waals surface area contributed by atoms with E-state index in [0.29, 0.717) is 29.8 Å². The minimum Gasteiger partial charge on any atom is -0.507 e. The third-order valence-corrected chi connectivity index (χ3v) is 7.11. The Morgan fingerprint density at radius 2 is 1.97 bits per heavy atom. The number of carbonyl (C=O) groups is 3. The molecule has 33 heavy (non-hydrogen) atoms. The number of H-pyrrole nitrogens is 1. The number of thiophene rings is 1. The molecule has 1 aliphatic rings. The molecular formula is C24H31N3O5S. The highest BCUT2D eigenvalue weighted by Gasteiger charge is 2.46. The maximum Gasteiger partial charge on any atom is 0.354 e. The predicted molar refractivity (Wildman–Crippen MR) is 127 cm³/mol. The fraction of sp³-hybridized carbons (Fsp3) is 0.458. The molecule has 0 saturated carbocycles. The first-order chi connectivity index (χ1) is 15.8. The molecule has 9 heteroatoms. The van der Waals surface area contributed by atoms with Crippen LogP contribution in [-0.4, -0.2) is 70.8 Å². The molecule has 1 amide bonds. The summed E-state index contributed by atoms with van der Waals surface area (Å²) in [6.07, 6.45) is 0.714. The van der Waals surface area contributed by atoms with E-state index in [2.05, 4.69) is 23.7 Å². The number of hydrogen-bond donors (Lipinski definition) is 2. The minimum atomic E-state index is -0.714. The van der Waals surface area contributed by atoms with Gasteiger partial charge in [-0.25, -0.2) is 4.79 Å². The zero-order chi connectivity index (χ0) is 24.3. The lowest BCUT2D eigenvalue weighted by molar-refractivity contribution is -0.139. The van der Waals surface area contributed by atoms with Crippen molar-refractivity contribution in [3.63, 3.8) is 0 Å². The monoisotopic (exact) mass is 473 g/mol. The number of aryl methyl sites for hydroxylation is 1. The van der Waals surface area contributed by atoms with Gasteiger partial charge in [0, 0.05) is 22.7 Å². The van der Waals surface area contributed by atoms with Crippen molar-refractivity contribution in [1.29, 1.82) is 0 Å². The van der Waals surface area contributed by atoms with Crippen LogP contribution in [0.4, 0.5) is 0 Å². The number of esters is 1. The summed E-state index contributed by atoms with van der Waals surface area (Å²) in [5.74, 6) is -2.18. The summed E-state index contributed by atoms with van der Waals surface area (Å²) in [4.78, 5) is 45.8. The Bertz CT molecular complexity index is 1070. The van der Waals surface area contributed by atoms with Crippen molar-refractivity contribution < 1.29 is 24.2 Å². The molecule has 1 fully saturated rings. The van der Waals surface area contributed by atoms with Crippen molar-refractivity contribution in [2.45, 2.75) is 40.2 Å². The highest BCUT2D eigenvalue weighted by Crippen LogP contribution is 2.42. The van der Waals surface area contributed by atoms with E-state index in [1.54, 1.807) is 18.7 Å². The molecule has 0 spiro atoms. The number of aliphatic hydroxyl groups is 1. The van der Waals surface area contributed by atoms with Crippen LogP contribution in [-0.2, 0) is 14.3 Å². The molecule has 178 valence electrons. The summed E-state index contributed by atoms with van der Waals surface area (Å²) < 4.78 is 4.81. The maximum atomic E-state index is 13.1. The first-order valence-electron chi connectivity index (χ1n) is 11.1. The Labute approximate surface area is 197 Å². The van der Waals surface area contributed by atoms with E-state index in [4.69, 9.17) is 4.74 Å². The number of aliphatic hydroxyl groups excluding tert-OH is 1. The molecule has 0 aromatic carbocycles. The average molecular weight is 474 g/mol. The third-order valence-electron chi connectivity index (χ3n) is 6.18. The van der Waals surface area contributed by atoms with Crippen LogP contribution in [0.25, 0.3) is 5.76 Å². The number of aromatic nitrogens is 1. The highest BCUT2D eigenvalue weighted by atomic mass is 32.1. The fourth-order valence-corrected chi connectivity index (χ4v) is 5.25. The summed E-state index contributed by atoms with van der Waals surface area (Å²) in [6, 6.07) is 3.05. The fourth-order valence-electron chi connectivity index (χ4n) is 4.40. The van der Waals surface area contributed by atoms with Crippen LogP contribution in [0.5, 0.6) is 0 Å². The molecular weight excluding hydrogens is 442 g/mol. The number of nitrogens with one attached hydrogen (secondary N) is 1. The molecule has 2 aromatic rings. The predicted octanol–water partition coefficient (Wildman–Crippen LogP) is 3.63. The summed E-state index contributed by atoms with van der Waals surface area (Å²) in [5, 5.41) is 13.2. The number of carbonyl (C=O) groups excluding carboxylic acids is 3. The van der Waals surface area contributed by atoms with Gasteiger partial charge in [0.25, 0.3) is 11.7 Å².